The van der Waals surface area contributed by atoms with Gasteiger partial charge < -0.3 is 5.32 Å². The van der Waals surface area contributed by atoms with Crippen molar-refractivity contribution < 1.29 is 4.39 Å². The Morgan fingerprint density at radius 1 is 0.818 bits per heavy atom. The third kappa shape index (κ3) is 3.68. The standard InChI is InChI=1S/C29H24FN3/c30-26-12-5-4-11-25(26)27-18-13-21-19-28(20-7-2-1-3-8-20)33(29(21)32-27)24-16-14-23(15-17-24)31-22-9-6-10-22/h1-5,7-8,11-19,22,31H,6,9-10H2. The average Bonchev–Trinajstić information content (AvgIpc) is 3.21. The van der Waals surface area contributed by atoms with Crippen molar-refractivity contribution in [1.82, 2.24) is 9.55 Å². The lowest BCUT2D eigenvalue weighted by Crippen LogP contribution is -2.26. The summed E-state index contributed by atoms with van der Waals surface area (Å²) in [4.78, 5) is 4.93. The summed E-state index contributed by atoms with van der Waals surface area (Å²) in [6.07, 6.45) is 3.79. The molecule has 0 spiro atoms. The summed E-state index contributed by atoms with van der Waals surface area (Å²) in [5.74, 6) is -0.267. The van der Waals surface area contributed by atoms with Crippen LogP contribution < -0.4 is 5.32 Å². The van der Waals surface area contributed by atoms with Crippen molar-refractivity contribution in [3.63, 3.8) is 0 Å². The van der Waals surface area contributed by atoms with E-state index in [0.717, 1.165) is 33.7 Å². The van der Waals surface area contributed by atoms with Gasteiger partial charge in [-0.1, -0.05) is 42.5 Å². The van der Waals surface area contributed by atoms with E-state index < -0.39 is 0 Å². The van der Waals surface area contributed by atoms with Crippen molar-refractivity contribution in [2.75, 3.05) is 5.32 Å². The van der Waals surface area contributed by atoms with Crippen molar-refractivity contribution in [3.05, 3.63) is 103 Å². The third-order valence-electron chi connectivity index (χ3n) is 6.47. The number of pyridine rings is 1. The Morgan fingerprint density at radius 3 is 2.30 bits per heavy atom. The molecule has 0 unspecified atom stereocenters. The normalized spacial score (nSPS) is 13.7. The zero-order valence-corrected chi connectivity index (χ0v) is 18.2. The molecule has 0 atom stereocenters. The first kappa shape index (κ1) is 19.7. The molecule has 1 saturated carbocycles. The molecule has 2 heterocycles. The highest BCUT2D eigenvalue weighted by atomic mass is 19.1. The Hall–Kier alpha value is -3.92. The molecule has 6 rings (SSSR count). The minimum absolute atomic E-state index is 0.267. The number of benzene rings is 3. The van der Waals surface area contributed by atoms with E-state index in [1.54, 1.807) is 12.1 Å². The zero-order chi connectivity index (χ0) is 22.2. The fourth-order valence-corrected chi connectivity index (χ4v) is 4.47. The van der Waals surface area contributed by atoms with Gasteiger partial charge in [-0.05, 0) is 79.4 Å². The SMILES string of the molecule is Fc1ccccc1-c1ccc2cc(-c3ccccc3)n(-c3ccc(NC4CCC4)cc3)c2n1. The molecule has 3 aromatic carbocycles. The molecule has 0 aliphatic heterocycles. The third-order valence-corrected chi connectivity index (χ3v) is 6.47. The molecule has 162 valence electrons. The second-order valence-corrected chi connectivity index (χ2v) is 8.64. The first-order valence-corrected chi connectivity index (χ1v) is 11.5. The van der Waals surface area contributed by atoms with E-state index in [9.17, 15) is 4.39 Å². The fourth-order valence-electron chi connectivity index (χ4n) is 4.47. The number of hydrogen-bond donors (Lipinski definition) is 1. The summed E-state index contributed by atoms with van der Waals surface area (Å²) in [7, 11) is 0. The lowest BCUT2D eigenvalue weighted by molar-refractivity contribution is 0.445. The van der Waals surface area contributed by atoms with Gasteiger partial charge in [0.2, 0.25) is 0 Å². The van der Waals surface area contributed by atoms with Gasteiger partial charge in [-0.2, -0.15) is 0 Å². The molecule has 33 heavy (non-hydrogen) atoms. The van der Waals surface area contributed by atoms with Crippen LogP contribution in [0, 0.1) is 5.82 Å². The van der Waals surface area contributed by atoms with Crippen molar-refractivity contribution in [2.24, 2.45) is 0 Å². The molecule has 1 aliphatic carbocycles. The summed E-state index contributed by atoms with van der Waals surface area (Å²) in [6, 6.07) is 32.3. The molecule has 0 saturated heterocycles. The van der Waals surface area contributed by atoms with Gasteiger partial charge in [0, 0.05) is 28.4 Å². The molecule has 0 radical (unpaired) electrons. The Morgan fingerprint density at radius 2 is 1.58 bits per heavy atom. The second kappa shape index (κ2) is 8.21. The summed E-state index contributed by atoms with van der Waals surface area (Å²) < 4.78 is 16.7. The first-order valence-electron chi connectivity index (χ1n) is 11.5. The Kier molecular flexibility index (Phi) is 4.91. The van der Waals surface area contributed by atoms with Crippen LogP contribution in [0.15, 0.2) is 97.1 Å². The zero-order valence-electron chi connectivity index (χ0n) is 18.2. The summed E-state index contributed by atoms with van der Waals surface area (Å²) in [5, 5.41) is 4.62. The maximum atomic E-state index is 14.5. The maximum Gasteiger partial charge on any atom is 0.145 e. The topological polar surface area (TPSA) is 29.9 Å². The van der Waals surface area contributed by atoms with Crippen LogP contribution >= 0.6 is 0 Å². The van der Waals surface area contributed by atoms with E-state index in [2.05, 4.69) is 52.3 Å². The fraction of sp³-hybridized carbons (Fsp3) is 0.138. The number of rotatable bonds is 5. The lowest BCUT2D eigenvalue weighted by atomic mass is 9.93. The largest absolute Gasteiger partial charge is 0.382 e. The van der Waals surface area contributed by atoms with Crippen molar-refractivity contribution in [1.29, 1.82) is 0 Å². The van der Waals surface area contributed by atoms with E-state index in [0.29, 0.717) is 17.3 Å². The molecule has 1 aliphatic rings. The molecule has 3 nitrogen and oxygen atoms in total. The van der Waals surface area contributed by atoms with Crippen LogP contribution in [-0.2, 0) is 0 Å². The molecule has 0 amide bonds. The van der Waals surface area contributed by atoms with Gasteiger partial charge in [0.25, 0.3) is 0 Å². The van der Waals surface area contributed by atoms with Crippen LogP contribution in [0.25, 0.3) is 39.2 Å². The van der Waals surface area contributed by atoms with Crippen LogP contribution in [0.1, 0.15) is 19.3 Å². The molecular weight excluding hydrogens is 409 g/mol. The summed E-state index contributed by atoms with van der Waals surface area (Å²) in [6.45, 7) is 0. The monoisotopic (exact) mass is 433 g/mol. The summed E-state index contributed by atoms with van der Waals surface area (Å²) in [5.41, 5.74) is 6.29. The number of anilines is 1. The van der Waals surface area contributed by atoms with E-state index in [4.69, 9.17) is 4.98 Å². The highest BCUT2D eigenvalue weighted by molar-refractivity contribution is 5.88. The smallest absolute Gasteiger partial charge is 0.145 e. The molecule has 4 heteroatoms. The molecular formula is C29H24FN3. The molecule has 1 N–H and O–H groups in total. The Labute approximate surface area is 192 Å². The summed E-state index contributed by atoms with van der Waals surface area (Å²) >= 11 is 0. The number of aromatic nitrogens is 2. The van der Waals surface area contributed by atoms with E-state index in [-0.39, 0.29) is 5.82 Å². The molecule has 2 aromatic heterocycles. The van der Waals surface area contributed by atoms with Crippen LogP contribution in [0.3, 0.4) is 0 Å². The second-order valence-electron chi connectivity index (χ2n) is 8.64. The van der Waals surface area contributed by atoms with Gasteiger partial charge in [-0.25, -0.2) is 9.37 Å². The Balaban J connectivity index is 1.51. The number of hydrogen-bond acceptors (Lipinski definition) is 2. The lowest BCUT2D eigenvalue weighted by Gasteiger charge is -2.27. The minimum atomic E-state index is -0.267. The molecule has 0 bridgehead atoms. The van der Waals surface area contributed by atoms with Crippen molar-refractivity contribution in [2.45, 2.75) is 25.3 Å². The van der Waals surface area contributed by atoms with Gasteiger partial charge >= 0.3 is 0 Å². The van der Waals surface area contributed by atoms with Crippen LogP contribution in [0.4, 0.5) is 10.1 Å². The van der Waals surface area contributed by atoms with Crippen LogP contribution in [-0.4, -0.2) is 15.6 Å². The highest BCUT2D eigenvalue weighted by Crippen LogP contribution is 2.33. The number of fused-ring (bicyclic) bond motifs is 1. The van der Waals surface area contributed by atoms with Crippen LogP contribution in [0.5, 0.6) is 0 Å². The van der Waals surface area contributed by atoms with Crippen molar-refractivity contribution >= 4 is 16.7 Å². The maximum absolute atomic E-state index is 14.5. The number of nitrogens with zero attached hydrogens (tertiary/aromatic N) is 2. The van der Waals surface area contributed by atoms with Gasteiger partial charge in [-0.3, -0.25) is 4.57 Å². The van der Waals surface area contributed by atoms with Crippen LogP contribution in [0.2, 0.25) is 0 Å². The molecule has 5 aromatic rings. The van der Waals surface area contributed by atoms with Gasteiger partial charge in [0.1, 0.15) is 11.5 Å². The quantitative estimate of drug-likeness (QED) is 0.312. The number of nitrogens with one attached hydrogen (secondary N) is 1. The minimum Gasteiger partial charge on any atom is -0.382 e. The molecule has 1 fully saturated rings. The first-order chi connectivity index (χ1) is 16.3. The van der Waals surface area contributed by atoms with E-state index in [1.807, 2.05) is 36.4 Å². The highest BCUT2D eigenvalue weighted by Gasteiger charge is 2.18. The van der Waals surface area contributed by atoms with Gasteiger partial charge in [0.05, 0.1) is 11.4 Å². The number of halogens is 1. The van der Waals surface area contributed by atoms with Gasteiger partial charge in [-0.15, -0.1) is 0 Å². The van der Waals surface area contributed by atoms with E-state index in [1.165, 1.54) is 25.3 Å². The predicted molar refractivity (Wildman–Crippen MR) is 133 cm³/mol. The predicted octanol–water partition coefficient (Wildman–Crippen LogP) is 7.46. The van der Waals surface area contributed by atoms with Gasteiger partial charge in [0.15, 0.2) is 0 Å². The Bertz CT molecular complexity index is 1420. The average molecular weight is 434 g/mol. The van der Waals surface area contributed by atoms with E-state index >= 15 is 0 Å². The van der Waals surface area contributed by atoms with Crippen molar-refractivity contribution in [3.8, 4) is 28.2 Å².